The number of hydrogen-bond acceptors (Lipinski definition) is 5. The van der Waals surface area contributed by atoms with Crippen LogP contribution in [-0.4, -0.2) is 50.5 Å². The molecule has 0 bridgehead atoms. The first kappa shape index (κ1) is 22.2. The van der Waals surface area contributed by atoms with Gasteiger partial charge >= 0.3 is 0 Å². The zero-order chi connectivity index (χ0) is 20.4. The van der Waals surface area contributed by atoms with Crippen molar-refractivity contribution in [2.24, 2.45) is 9.98 Å². The van der Waals surface area contributed by atoms with E-state index in [1.165, 1.54) is 5.70 Å². The number of benzene rings is 1. The van der Waals surface area contributed by atoms with E-state index in [4.69, 9.17) is 21.1 Å². The molecule has 2 heterocycles. The minimum atomic E-state index is -0.130. The third-order valence-electron chi connectivity index (χ3n) is 4.65. The van der Waals surface area contributed by atoms with Gasteiger partial charge in [0, 0.05) is 36.9 Å². The number of rotatable bonds is 7. The molecule has 0 spiro atoms. The maximum atomic E-state index is 6.22. The summed E-state index contributed by atoms with van der Waals surface area (Å²) in [4.78, 5) is 10.4. The molecule has 0 aromatic heterocycles. The molecule has 2 unspecified atom stereocenters. The Labute approximate surface area is 173 Å². The number of aryl methyl sites for hydroxylation is 1. The average molecular weight is 402 g/mol. The standard InChI is InChI=1S/C20H26ClN3O2.C2H2/c1-15-4-5-16(12-18(15)21)19-6-7-20(26-19)25-11-3-10-24-14-23-13-17(24)8-9-22-2;1-2/h4-5,8-9,12,14,19-20H,3,6-7,10-11,13H2,1-2H3;1-2H/b17-8+,22-9?;. The lowest BCUT2D eigenvalue weighted by Gasteiger charge is -2.18. The van der Waals surface area contributed by atoms with Crippen molar-refractivity contribution in [2.45, 2.75) is 38.6 Å². The van der Waals surface area contributed by atoms with Crippen LogP contribution in [0.3, 0.4) is 0 Å². The Kier molecular flexibility index (Phi) is 9.22. The van der Waals surface area contributed by atoms with Gasteiger partial charge in [0.2, 0.25) is 0 Å². The van der Waals surface area contributed by atoms with Crippen LogP contribution >= 0.6 is 11.6 Å². The van der Waals surface area contributed by atoms with E-state index in [0.717, 1.165) is 48.5 Å². The first-order chi connectivity index (χ1) is 13.7. The number of allylic oxidation sites excluding steroid dienone is 1. The van der Waals surface area contributed by atoms with Gasteiger partial charge in [-0.3, -0.25) is 9.98 Å². The second-order valence-corrected chi connectivity index (χ2v) is 6.99. The highest BCUT2D eigenvalue weighted by molar-refractivity contribution is 6.31. The largest absolute Gasteiger partial charge is 0.353 e. The third-order valence-corrected chi connectivity index (χ3v) is 5.06. The third kappa shape index (κ3) is 6.20. The highest BCUT2D eigenvalue weighted by atomic mass is 35.5. The average Bonchev–Trinajstić information content (AvgIpc) is 3.37. The van der Waals surface area contributed by atoms with Gasteiger partial charge in [0.1, 0.15) is 0 Å². The predicted molar refractivity (Wildman–Crippen MR) is 116 cm³/mol. The monoisotopic (exact) mass is 401 g/mol. The molecule has 0 saturated carbocycles. The molecule has 6 heteroatoms. The summed E-state index contributed by atoms with van der Waals surface area (Å²) in [7, 11) is 1.77. The highest BCUT2D eigenvalue weighted by Crippen LogP contribution is 2.34. The zero-order valence-electron chi connectivity index (χ0n) is 16.6. The molecule has 1 aromatic carbocycles. The SMILES string of the molecule is C#C.CN=C/C=C1\CN=CN1CCCOC1CCC(c2ccc(C)c(Cl)c2)O1. The van der Waals surface area contributed by atoms with E-state index >= 15 is 0 Å². The van der Waals surface area contributed by atoms with Gasteiger partial charge < -0.3 is 14.4 Å². The Morgan fingerprint density at radius 3 is 2.96 bits per heavy atom. The quantitative estimate of drug-likeness (QED) is 0.386. The Bertz CT molecular complexity index is 743. The smallest absolute Gasteiger partial charge is 0.158 e. The van der Waals surface area contributed by atoms with Crippen LogP contribution in [0.25, 0.3) is 0 Å². The van der Waals surface area contributed by atoms with E-state index in [2.05, 4.69) is 33.8 Å². The lowest BCUT2D eigenvalue weighted by Crippen LogP contribution is -2.22. The summed E-state index contributed by atoms with van der Waals surface area (Å²) in [5.74, 6) is 0. The second-order valence-electron chi connectivity index (χ2n) is 6.58. The minimum Gasteiger partial charge on any atom is -0.353 e. The fraction of sp³-hybridized carbons (Fsp3) is 0.455. The molecule has 2 aliphatic rings. The molecule has 1 fully saturated rings. The van der Waals surface area contributed by atoms with Gasteiger partial charge in [0.15, 0.2) is 6.29 Å². The molecular weight excluding hydrogens is 374 g/mol. The van der Waals surface area contributed by atoms with Crippen LogP contribution in [0.2, 0.25) is 5.02 Å². The van der Waals surface area contributed by atoms with Gasteiger partial charge in [-0.05, 0) is 43.0 Å². The van der Waals surface area contributed by atoms with Crippen molar-refractivity contribution in [1.29, 1.82) is 0 Å². The summed E-state index contributed by atoms with van der Waals surface area (Å²) in [5, 5.41) is 0.791. The normalized spacial score (nSPS) is 22.8. The zero-order valence-corrected chi connectivity index (χ0v) is 17.3. The topological polar surface area (TPSA) is 46.4 Å². The van der Waals surface area contributed by atoms with Gasteiger partial charge in [-0.15, -0.1) is 12.8 Å². The highest BCUT2D eigenvalue weighted by Gasteiger charge is 2.27. The van der Waals surface area contributed by atoms with Crippen LogP contribution in [0.4, 0.5) is 0 Å². The van der Waals surface area contributed by atoms with E-state index in [0.29, 0.717) is 6.61 Å². The number of aliphatic imine (C=N–C) groups is 2. The van der Waals surface area contributed by atoms with Crippen molar-refractivity contribution in [3.05, 3.63) is 46.1 Å². The van der Waals surface area contributed by atoms with Crippen molar-refractivity contribution in [3.63, 3.8) is 0 Å². The van der Waals surface area contributed by atoms with Crippen LogP contribution < -0.4 is 0 Å². The lowest BCUT2D eigenvalue weighted by atomic mass is 10.1. The molecule has 2 aliphatic heterocycles. The van der Waals surface area contributed by atoms with Crippen molar-refractivity contribution >= 4 is 24.2 Å². The van der Waals surface area contributed by atoms with Gasteiger partial charge in [-0.2, -0.15) is 0 Å². The van der Waals surface area contributed by atoms with Crippen LogP contribution in [0, 0.1) is 19.8 Å². The van der Waals surface area contributed by atoms with E-state index in [9.17, 15) is 0 Å². The molecule has 1 aromatic rings. The van der Waals surface area contributed by atoms with E-state index in [-0.39, 0.29) is 12.4 Å². The second kappa shape index (κ2) is 11.7. The van der Waals surface area contributed by atoms with Gasteiger partial charge in [-0.25, -0.2) is 0 Å². The number of ether oxygens (including phenoxy) is 2. The summed E-state index contributed by atoms with van der Waals surface area (Å²) >= 11 is 6.22. The maximum Gasteiger partial charge on any atom is 0.158 e. The maximum absolute atomic E-state index is 6.22. The molecule has 3 rings (SSSR count). The molecule has 1 saturated heterocycles. The minimum absolute atomic E-state index is 0.0756. The molecule has 0 amide bonds. The summed E-state index contributed by atoms with van der Waals surface area (Å²) in [6.07, 6.45) is 16.4. The molecule has 28 heavy (non-hydrogen) atoms. The van der Waals surface area contributed by atoms with Crippen LogP contribution in [0.1, 0.15) is 36.5 Å². The Morgan fingerprint density at radius 1 is 1.39 bits per heavy atom. The van der Waals surface area contributed by atoms with E-state index in [1.807, 2.05) is 31.5 Å². The molecule has 5 nitrogen and oxygen atoms in total. The first-order valence-corrected chi connectivity index (χ1v) is 9.79. The molecule has 150 valence electrons. The molecular formula is C22H28ClN3O2. The van der Waals surface area contributed by atoms with Crippen LogP contribution in [-0.2, 0) is 9.47 Å². The lowest BCUT2D eigenvalue weighted by molar-refractivity contribution is -0.135. The number of terminal acetylenes is 1. The summed E-state index contributed by atoms with van der Waals surface area (Å²) in [5.41, 5.74) is 3.39. The predicted octanol–water partition coefficient (Wildman–Crippen LogP) is 4.41. The number of halogens is 1. The van der Waals surface area contributed by atoms with Crippen molar-refractivity contribution < 1.29 is 9.47 Å². The fourth-order valence-corrected chi connectivity index (χ4v) is 3.33. The first-order valence-electron chi connectivity index (χ1n) is 9.41. The van der Waals surface area contributed by atoms with Crippen LogP contribution in [0.15, 0.2) is 40.0 Å². The Morgan fingerprint density at radius 2 is 2.21 bits per heavy atom. The Hall–Kier alpha value is -2.13. The molecule has 0 N–H and O–H groups in total. The summed E-state index contributed by atoms with van der Waals surface area (Å²) in [6.45, 7) is 4.29. The molecule has 0 aliphatic carbocycles. The van der Waals surface area contributed by atoms with Gasteiger partial charge in [-0.1, -0.05) is 23.7 Å². The van der Waals surface area contributed by atoms with Gasteiger partial charge in [0.25, 0.3) is 0 Å². The summed E-state index contributed by atoms with van der Waals surface area (Å²) in [6, 6.07) is 6.14. The molecule has 2 atom stereocenters. The Balaban J connectivity index is 0.00000136. The fourth-order valence-electron chi connectivity index (χ4n) is 3.14. The van der Waals surface area contributed by atoms with Crippen molar-refractivity contribution in [1.82, 2.24) is 4.90 Å². The van der Waals surface area contributed by atoms with Crippen LogP contribution in [0.5, 0.6) is 0 Å². The summed E-state index contributed by atoms with van der Waals surface area (Å²) < 4.78 is 12.0. The number of nitrogens with zero attached hydrogens (tertiary/aromatic N) is 3. The van der Waals surface area contributed by atoms with Gasteiger partial charge in [0.05, 0.1) is 25.6 Å². The van der Waals surface area contributed by atoms with E-state index in [1.54, 1.807) is 13.3 Å². The van der Waals surface area contributed by atoms with Crippen molar-refractivity contribution in [2.75, 3.05) is 26.7 Å². The van der Waals surface area contributed by atoms with Crippen molar-refractivity contribution in [3.8, 4) is 12.8 Å². The molecule has 0 radical (unpaired) electrons. The van der Waals surface area contributed by atoms with E-state index < -0.39 is 0 Å². The number of hydrogen-bond donors (Lipinski definition) is 0.